The second kappa shape index (κ2) is 7.45. The van der Waals surface area contributed by atoms with E-state index in [-0.39, 0.29) is 17.6 Å². The Morgan fingerprint density at radius 2 is 1.93 bits per heavy atom. The van der Waals surface area contributed by atoms with Crippen molar-refractivity contribution in [1.82, 2.24) is 5.32 Å². The second-order valence-electron chi connectivity index (χ2n) is 6.30. The molecule has 0 aliphatic carbocycles. The van der Waals surface area contributed by atoms with Gasteiger partial charge in [0.25, 0.3) is 0 Å². The molecule has 1 aliphatic rings. The van der Waals surface area contributed by atoms with Crippen LogP contribution in [0.25, 0.3) is 0 Å². The highest BCUT2D eigenvalue weighted by atomic mass is 32.2. The van der Waals surface area contributed by atoms with Crippen LogP contribution in [-0.2, 0) is 21.4 Å². The summed E-state index contributed by atoms with van der Waals surface area (Å²) >= 11 is 0. The number of benzene rings is 2. The minimum absolute atomic E-state index is 0.0282. The van der Waals surface area contributed by atoms with Crippen LogP contribution in [0.5, 0.6) is 11.5 Å². The van der Waals surface area contributed by atoms with Crippen LogP contribution >= 0.6 is 0 Å². The van der Waals surface area contributed by atoms with Gasteiger partial charge in [0.05, 0.1) is 4.90 Å². The third kappa shape index (κ3) is 4.50. The number of sulfonamides is 1. The number of fused-ring (bicyclic) bond motifs is 1. The van der Waals surface area contributed by atoms with E-state index in [0.717, 1.165) is 5.56 Å². The van der Waals surface area contributed by atoms with E-state index < -0.39 is 16.1 Å². The molecule has 0 bridgehead atoms. The smallest absolute Gasteiger partial charge is 0.242 e. The summed E-state index contributed by atoms with van der Waals surface area (Å²) in [6.07, 6.45) is 0. The average Bonchev–Trinajstić information content (AvgIpc) is 3.08. The van der Waals surface area contributed by atoms with Crippen molar-refractivity contribution in [3.8, 4) is 11.5 Å². The van der Waals surface area contributed by atoms with Crippen molar-refractivity contribution in [3.05, 3.63) is 47.5 Å². The zero-order valence-electron chi connectivity index (χ0n) is 15.0. The Balaban J connectivity index is 1.61. The van der Waals surface area contributed by atoms with Crippen molar-refractivity contribution in [1.29, 1.82) is 0 Å². The molecule has 2 aromatic rings. The number of aryl methyl sites for hydroxylation is 1. The lowest BCUT2D eigenvalue weighted by molar-refractivity contribution is -0.121. The molecule has 1 amide bonds. The largest absolute Gasteiger partial charge is 0.454 e. The van der Waals surface area contributed by atoms with Gasteiger partial charge < -0.3 is 20.1 Å². The van der Waals surface area contributed by atoms with Crippen LogP contribution in [0.3, 0.4) is 0 Å². The Bertz CT molecular complexity index is 975. The first-order chi connectivity index (χ1) is 12.7. The van der Waals surface area contributed by atoms with Crippen LogP contribution in [0, 0.1) is 6.92 Å². The molecule has 0 radical (unpaired) electrons. The Kier molecular flexibility index (Phi) is 5.24. The number of amides is 1. The number of rotatable bonds is 6. The van der Waals surface area contributed by atoms with Gasteiger partial charge in [0, 0.05) is 12.2 Å². The number of hydrogen-bond donors (Lipinski definition) is 3. The number of carbonyl (C=O) groups excluding carboxylic acids is 1. The fraction of sp³-hybridized carbons (Fsp3) is 0.278. The molecule has 1 aliphatic heterocycles. The molecule has 3 rings (SSSR count). The van der Waals surface area contributed by atoms with Crippen LogP contribution in [0.1, 0.15) is 18.1 Å². The van der Waals surface area contributed by atoms with E-state index in [1.54, 1.807) is 32.0 Å². The Morgan fingerprint density at radius 1 is 1.19 bits per heavy atom. The van der Waals surface area contributed by atoms with E-state index in [1.807, 2.05) is 12.1 Å². The molecule has 0 spiro atoms. The van der Waals surface area contributed by atoms with Crippen molar-refractivity contribution in [2.45, 2.75) is 31.3 Å². The first-order valence-corrected chi connectivity index (χ1v) is 9.85. The topological polar surface area (TPSA) is 120 Å². The van der Waals surface area contributed by atoms with Gasteiger partial charge in [-0.3, -0.25) is 4.79 Å². The summed E-state index contributed by atoms with van der Waals surface area (Å²) < 4.78 is 33.8. The first-order valence-electron chi connectivity index (χ1n) is 8.30. The summed E-state index contributed by atoms with van der Waals surface area (Å²) in [4.78, 5) is 12.4. The molecule has 0 saturated carbocycles. The number of nitrogens with one attached hydrogen (secondary N) is 2. The summed E-state index contributed by atoms with van der Waals surface area (Å²) in [5, 5.41) is 11.0. The fourth-order valence-electron chi connectivity index (χ4n) is 2.71. The van der Waals surface area contributed by atoms with Crippen molar-refractivity contribution in [3.63, 3.8) is 0 Å². The van der Waals surface area contributed by atoms with Gasteiger partial charge in [-0.1, -0.05) is 12.1 Å². The number of nitrogens with two attached hydrogens (primary N) is 1. The molecule has 8 nitrogen and oxygen atoms in total. The summed E-state index contributed by atoms with van der Waals surface area (Å²) in [7, 11) is -3.83. The minimum Gasteiger partial charge on any atom is -0.454 e. The molecule has 0 saturated heterocycles. The van der Waals surface area contributed by atoms with E-state index >= 15 is 0 Å². The Labute approximate surface area is 157 Å². The van der Waals surface area contributed by atoms with Gasteiger partial charge in [0.15, 0.2) is 11.5 Å². The van der Waals surface area contributed by atoms with Gasteiger partial charge in [-0.2, -0.15) is 0 Å². The molecule has 1 heterocycles. The highest BCUT2D eigenvalue weighted by Crippen LogP contribution is 2.32. The average molecular weight is 391 g/mol. The SMILES string of the molecule is Cc1ccc(N[C@@H](C)C(=O)NCc2ccc3c(c2)OCO3)cc1S(N)(=O)=O. The zero-order chi connectivity index (χ0) is 19.6. The van der Waals surface area contributed by atoms with Crippen LogP contribution < -0.4 is 25.2 Å². The molecular formula is C18H21N3O5S. The number of carbonyl (C=O) groups is 1. The van der Waals surface area contributed by atoms with E-state index in [1.165, 1.54) is 6.07 Å². The maximum absolute atomic E-state index is 12.3. The van der Waals surface area contributed by atoms with Crippen LogP contribution in [-0.4, -0.2) is 27.2 Å². The zero-order valence-corrected chi connectivity index (χ0v) is 15.8. The molecule has 0 fully saturated rings. The highest BCUT2D eigenvalue weighted by molar-refractivity contribution is 7.89. The van der Waals surface area contributed by atoms with Gasteiger partial charge in [-0.05, 0) is 49.2 Å². The third-order valence-corrected chi connectivity index (χ3v) is 5.23. The molecule has 144 valence electrons. The van der Waals surface area contributed by atoms with Crippen molar-refractivity contribution >= 4 is 21.6 Å². The fourth-order valence-corrected chi connectivity index (χ4v) is 3.51. The molecule has 0 aromatic heterocycles. The number of hydrogen-bond acceptors (Lipinski definition) is 6. The normalized spacial score (nSPS) is 13.9. The van der Waals surface area contributed by atoms with Crippen molar-refractivity contribution in [2.24, 2.45) is 5.14 Å². The number of anilines is 1. The number of primary sulfonamides is 1. The minimum atomic E-state index is -3.83. The first kappa shape index (κ1) is 19.0. The Hall–Kier alpha value is -2.78. The lowest BCUT2D eigenvalue weighted by Gasteiger charge is -2.16. The quantitative estimate of drug-likeness (QED) is 0.686. The third-order valence-electron chi connectivity index (χ3n) is 4.17. The lowest BCUT2D eigenvalue weighted by atomic mass is 10.2. The van der Waals surface area contributed by atoms with Gasteiger partial charge in [0.1, 0.15) is 6.04 Å². The van der Waals surface area contributed by atoms with Crippen molar-refractivity contribution < 1.29 is 22.7 Å². The number of ether oxygens (including phenoxy) is 2. The summed E-state index contributed by atoms with van der Waals surface area (Å²) in [6, 6.07) is 9.66. The molecule has 2 aromatic carbocycles. The maximum atomic E-state index is 12.3. The van der Waals surface area contributed by atoms with Crippen molar-refractivity contribution in [2.75, 3.05) is 12.1 Å². The van der Waals surface area contributed by atoms with Crippen LogP contribution in [0.4, 0.5) is 5.69 Å². The van der Waals surface area contributed by atoms with E-state index in [2.05, 4.69) is 10.6 Å². The molecular weight excluding hydrogens is 370 g/mol. The monoisotopic (exact) mass is 391 g/mol. The van der Waals surface area contributed by atoms with Crippen LogP contribution in [0.2, 0.25) is 0 Å². The van der Waals surface area contributed by atoms with Crippen LogP contribution in [0.15, 0.2) is 41.3 Å². The summed E-state index contributed by atoms with van der Waals surface area (Å²) in [5.41, 5.74) is 1.92. The Morgan fingerprint density at radius 3 is 2.67 bits per heavy atom. The molecule has 4 N–H and O–H groups in total. The standard InChI is InChI=1S/C18H21N3O5S/c1-11-3-5-14(8-17(11)27(19,23)24)21-12(2)18(22)20-9-13-4-6-15-16(7-13)26-10-25-15/h3-8,12,21H,9-10H2,1-2H3,(H,20,22)(H2,19,23,24)/t12-/m0/s1. The van der Waals surface area contributed by atoms with Gasteiger partial charge in [0.2, 0.25) is 22.7 Å². The van der Waals surface area contributed by atoms with E-state index in [9.17, 15) is 13.2 Å². The summed E-state index contributed by atoms with van der Waals surface area (Å²) in [5.74, 6) is 1.11. The van der Waals surface area contributed by atoms with E-state index in [0.29, 0.717) is 29.3 Å². The maximum Gasteiger partial charge on any atom is 0.242 e. The van der Waals surface area contributed by atoms with Gasteiger partial charge in [-0.25, -0.2) is 13.6 Å². The van der Waals surface area contributed by atoms with E-state index in [4.69, 9.17) is 14.6 Å². The predicted octanol–water partition coefficient (Wildman–Crippen LogP) is 1.49. The lowest BCUT2D eigenvalue weighted by Crippen LogP contribution is -2.37. The summed E-state index contributed by atoms with van der Waals surface area (Å²) in [6.45, 7) is 3.87. The van der Waals surface area contributed by atoms with Gasteiger partial charge >= 0.3 is 0 Å². The highest BCUT2D eigenvalue weighted by Gasteiger charge is 2.17. The molecule has 1 atom stereocenters. The molecule has 0 unspecified atom stereocenters. The molecule has 9 heteroatoms. The molecule has 27 heavy (non-hydrogen) atoms. The predicted molar refractivity (Wildman–Crippen MR) is 100 cm³/mol. The van der Waals surface area contributed by atoms with Gasteiger partial charge in [-0.15, -0.1) is 0 Å². The second-order valence-corrected chi connectivity index (χ2v) is 7.83.